The van der Waals surface area contributed by atoms with Gasteiger partial charge in [0.1, 0.15) is 10.8 Å². The topological polar surface area (TPSA) is 42.4 Å². The van der Waals surface area contributed by atoms with Gasteiger partial charge in [0.05, 0.1) is 12.1 Å². The maximum atomic E-state index is 12.2. The van der Waals surface area contributed by atoms with Crippen molar-refractivity contribution in [1.29, 1.82) is 0 Å². The molecule has 1 aromatic heterocycles. The van der Waals surface area contributed by atoms with Crippen molar-refractivity contribution in [3.05, 3.63) is 41.0 Å². The van der Waals surface area contributed by atoms with E-state index in [0.29, 0.717) is 18.2 Å². The Hall–Kier alpha value is -1.81. The molecule has 0 fully saturated rings. The molecule has 22 heavy (non-hydrogen) atoms. The Kier molecular flexibility index (Phi) is 4.91. The Morgan fingerprint density at radius 3 is 2.64 bits per heavy atom. The van der Waals surface area contributed by atoms with Crippen molar-refractivity contribution >= 4 is 28.6 Å². The molecule has 1 amide bonds. The molecule has 0 atom stereocenters. The number of carbonyl (C=O) groups is 1. The summed E-state index contributed by atoms with van der Waals surface area (Å²) >= 11 is 6.25. The first kappa shape index (κ1) is 16.6. The van der Waals surface area contributed by atoms with E-state index in [1.165, 1.54) is 0 Å². The van der Waals surface area contributed by atoms with Crippen LogP contribution in [0.3, 0.4) is 0 Å². The standard InChI is InChI=1S/C17H21ClN2O2/c1-5-20(16(21)22-17(2,3)4)11-13-10-12-8-6-7-9-14(12)19-15(13)18/h6-10H,5,11H2,1-4H3. The molecule has 0 saturated heterocycles. The number of hydrogen-bond donors (Lipinski definition) is 0. The average molecular weight is 321 g/mol. The lowest BCUT2D eigenvalue weighted by Crippen LogP contribution is -2.36. The van der Waals surface area contributed by atoms with E-state index < -0.39 is 5.60 Å². The van der Waals surface area contributed by atoms with Gasteiger partial charge in [-0.25, -0.2) is 9.78 Å². The van der Waals surface area contributed by atoms with Crippen molar-refractivity contribution in [3.63, 3.8) is 0 Å². The highest BCUT2D eigenvalue weighted by atomic mass is 35.5. The molecule has 0 aliphatic heterocycles. The number of pyridine rings is 1. The van der Waals surface area contributed by atoms with Crippen molar-refractivity contribution in [3.8, 4) is 0 Å². The summed E-state index contributed by atoms with van der Waals surface area (Å²) in [7, 11) is 0. The molecule has 0 aliphatic carbocycles. The molecule has 4 nitrogen and oxygen atoms in total. The van der Waals surface area contributed by atoms with Crippen molar-refractivity contribution < 1.29 is 9.53 Å². The fraction of sp³-hybridized carbons (Fsp3) is 0.412. The minimum Gasteiger partial charge on any atom is -0.444 e. The zero-order valence-electron chi connectivity index (χ0n) is 13.4. The lowest BCUT2D eigenvalue weighted by Gasteiger charge is -2.26. The summed E-state index contributed by atoms with van der Waals surface area (Å²) in [6.45, 7) is 8.38. The highest BCUT2D eigenvalue weighted by molar-refractivity contribution is 6.30. The molecule has 0 unspecified atom stereocenters. The second-order valence-corrected chi connectivity index (χ2v) is 6.48. The predicted molar refractivity (Wildman–Crippen MR) is 89.1 cm³/mol. The monoisotopic (exact) mass is 320 g/mol. The largest absolute Gasteiger partial charge is 0.444 e. The van der Waals surface area contributed by atoms with E-state index in [2.05, 4.69) is 4.98 Å². The van der Waals surface area contributed by atoms with E-state index in [0.717, 1.165) is 16.5 Å². The van der Waals surface area contributed by atoms with Crippen LogP contribution in [0.2, 0.25) is 5.15 Å². The molecule has 0 N–H and O–H groups in total. The predicted octanol–water partition coefficient (Wildman–Crippen LogP) is 4.65. The highest BCUT2D eigenvalue weighted by Crippen LogP contribution is 2.22. The third-order valence-electron chi connectivity index (χ3n) is 3.14. The fourth-order valence-corrected chi connectivity index (χ4v) is 2.29. The van der Waals surface area contributed by atoms with Gasteiger partial charge >= 0.3 is 6.09 Å². The number of hydrogen-bond acceptors (Lipinski definition) is 3. The van der Waals surface area contributed by atoms with E-state index in [9.17, 15) is 4.79 Å². The number of ether oxygens (including phenoxy) is 1. The van der Waals surface area contributed by atoms with Gasteiger partial charge in [-0.1, -0.05) is 29.8 Å². The molecule has 0 aliphatic rings. The summed E-state index contributed by atoms with van der Waals surface area (Å²) in [6.07, 6.45) is -0.348. The lowest BCUT2D eigenvalue weighted by atomic mass is 10.1. The number of rotatable bonds is 3. The first-order chi connectivity index (χ1) is 10.3. The number of amides is 1. The molecule has 1 heterocycles. The lowest BCUT2D eigenvalue weighted by molar-refractivity contribution is 0.0244. The van der Waals surface area contributed by atoms with Crippen LogP contribution in [-0.4, -0.2) is 28.1 Å². The zero-order chi connectivity index (χ0) is 16.3. The molecule has 2 aromatic rings. The van der Waals surface area contributed by atoms with Gasteiger partial charge in [0.15, 0.2) is 0 Å². The molecule has 1 aromatic carbocycles. The van der Waals surface area contributed by atoms with E-state index in [1.54, 1.807) is 4.90 Å². The van der Waals surface area contributed by atoms with Gasteiger partial charge in [-0.15, -0.1) is 0 Å². The number of nitrogens with zero attached hydrogens (tertiary/aromatic N) is 2. The van der Waals surface area contributed by atoms with Gasteiger partial charge in [0.2, 0.25) is 0 Å². The van der Waals surface area contributed by atoms with Crippen LogP contribution in [0.4, 0.5) is 4.79 Å². The Morgan fingerprint density at radius 1 is 1.32 bits per heavy atom. The smallest absolute Gasteiger partial charge is 0.410 e. The van der Waals surface area contributed by atoms with Crippen molar-refractivity contribution in [2.75, 3.05) is 6.54 Å². The minimum atomic E-state index is -0.518. The highest BCUT2D eigenvalue weighted by Gasteiger charge is 2.22. The maximum absolute atomic E-state index is 12.2. The summed E-state index contributed by atoms with van der Waals surface area (Å²) in [6, 6.07) is 9.73. The summed E-state index contributed by atoms with van der Waals surface area (Å²) in [5, 5.41) is 1.42. The van der Waals surface area contributed by atoms with Crippen LogP contribution in [0, 0.1) is 0 Å². The van der Waals surface area contributed by atoms with Crippen LogP contribution < -0.4 is 0 Å². The van der Waals surface area contributed by atoms with Crippen molar-refractivity contribution in [1.82, 2.24) is 9.88 Å². The molecular weight excluding hydrogens is 300 g/mol. The molecule has 0 spiro atoms. The van der Waals surface area contributed by atoms with Gasteiger partial charge in [0, 0.05) is 17.5 Å². The van der Waals surface area contributed by atoms with Crippen LogP contribution in [0.1, 0.15) is 33.3 Å². The van der Waals surface area contributed by atoms with Crippen LogP contribution in [0.25, 0.3) is 10.9 Å². The van der Waals surface area contributed by atoms with Crippen molar-refractivity contribution in [2.45, 2.75) is 39.8 Å². The Morgan fingerprint density at radius 2 is 2.00 bits per heavy atom. The molecular formula is C17H21ClN2O2. The molecule has 5 heteroatoms. The molecule has 0 radical (unpaired) electrons. The third-order valence-corrected chi connectivity index (χ3v) is 3.47. The average Bonchev–Trinajstić information content (AvgIpc) is 2.43. The number of para-hydroxylation sites is 1. The number of carbonyl (C=O) groups excluding carboxylic acids is 1. The normalized spacial score (nSPS) is 11.5. The maximum Gasteiger partial charge on any atom is 0.410 e. The SMILES string of the molecule is CCN(Cc1cc2ccccc2nc1Cl)C(=O)OC(C)(C)C. The van der Waals surface area contributed by atoms with Crippen LogP contribution in [0.5, 0.6) is 0 Å². The molecule has 0 saturated carbocycles. The van der Waals surface area contributed by atoms with Gasteiger partial charge in [-0.3, -0.25) is 0 Å². The first-order valence-corrected chi connectivity index (χ1v) is 7.70. The van der Waals surface area contributed by atoms with Gasteiger partial charge in [-0.2, -0.15) is 0 Å². The van der Waals surface area contributed by atoms with E-state index in [-0.39, 0.29) is 6.09 Å². The van der Waals surface area contributed by atoms with E-state index >= 15 is 0 Å². The second kappa shape index (κ2) is 6.53. The summed E-state index contributed by atoms with van der Waals surface area (Å²) < 4.78 is 5.41. The quantitative estimate of drug-likeness (QED) is 0.773. The van der Waals surface area contributed by atoms with Gasteiger partial charge in [-0.05, 0) is 39.8 Å². The Bertz CT molecular complexity index is 680. The minimum absolute atomic E-state index is 0.348. The van der Waals surface area contributed by atoms with Crippen LogP contribution in [-0.2, 0) is 11.3 Å². The van der Waals surface area contributed by atoms with Crippen LogP contribution in [0.15, 0.2) is 30.3 Å². The number of aromatic nitrogens is 1. The van der Waals surface area contributed by atoms with E-state index in [4.69, 9.17) is 16.3 Å². The summed E-state index contributed by atoms with van der Waals surface area (Å²) in [5.74, 6) is 0. The van der Waals surface area contributed by atoms with E-state index in [1.807, 2.05) is 58.0 Å². The first-order valence-electron chi connectivity index (χ1n) is 7.32. The number of fused-ring (bicyclic) bond motifs is 1. The van der Waals surface area contributed by atoms with Crippen molar-refractivity contribution in [2.24, 2.45) is 0 Å². The molecule has 2 rings (SSSR count). The Labute approximate surface area is 136 Å². The summed E-state index contributed by atoms with van der Waals surface area (Å²) in [4.78, 5) is 18.2. The summed E-state index contributed by atoms with van der Waals surface area (Å²) in [5.41, 5.74) is 1.14. The fourth-order valence-electron chi connectivity index (χ4n) is 2.08. The van der Waals surface area contributed by atoms with Gasteiger partial charge < -0.3 is 9.64 Å². The molecule has 118 valence electrons. The number of benzene rings is 1. The third kappa shape index (κ3) is 4.10. The number of halogens is 1. The second-order valence-electron chi connectivity index (χ2n) is 6.13. The molecule has 0 bridgehead atoms. The van der Waals surface area contributed by atoms with Crippen LogP contribution >= 0.6 is 11.6 Å². The zero-order valence-corrected chi connectivity index (χ0v) is 14.1. The Balaban J connectivity index is 2.24. The van der Waals surface area contributed by atoms with Gasteiger partial charge in [0.25, 0.3) is 0 Å².